The number of hydrogen-bond donors (Lipinski definition) is 1. The van der Waals surface area contributed by atoms with E-state index in [2.05, 4.69) is 0 Å². The molecule has 1 aromatic carbocycles. The monoisotopic (exact) mass is 298 g/mol. The highest BCUT2D eigenvalue weighted by Gasteiger charge is 2.29. The maximum Gasteiger partial charge on any atom is 0.150 e. The van der Waals surface area contributed by atoms with Gasteiger partial charge in [-0.2, -0.15) is 0 Å². The molecule has 1 aromatic rings. The summed E-state index contributed by atoms with van der Waals surface area (Å²) in [6, 6.07) is 7.34. The van der Waals surface area contributed by atoms with E-state index in [1.54, 1.807) is 6.92 Å². The maximum absolute atomic E-state index is 11.6. The first-order chi connectivity index (χ1) is 9.36. The highest BCUT2D eigenvalue weighted by atomic mass is 32.2. The molecule has 1 aliphatic rings. The van der Waals surface area contributed by atoms with Crippen LogP contribution >= 0.6 is 0 Å². The van der Waals surface area contributed by atoms with Crippen LogP contribution in [0.5, 0.6) is 5.75 Å². The molecule has 2 unspecified atom stereocenters. The van der Waals surface area contributed by atoms with Gasteiger partial charge >= 0.3 is 0 Å². The predicted molar refractivity (Wildman–Crippen MR) is 78.6 cm³/mol. The number of aliphatic hydroxyl groups is 1. The molecular formula is C15H22O4S. The fourth-order valence-corrected chi connectivity index (χ4v) is 3.80. The molecule has 0 aliphatic heterocycles. The molecule has 1 fully saturated rings. The minimum atomic E-state index is -2.99. The number of aliphatic hydroxyl groups excluding tert-OH is 1. The second-order valence-electron chi connectivity index (χ2n) is 5.61. The molecule has 0 amide bonds. The van der Waals surface area contributed by atoms with E-state index >= 15 is 0 Å². The van der Waals surface area contributed by atoms with E-state index in [9.17, 15) is 13.5 Å². The predicted octanol–water partition coefficient (Wildman–Crippen LogP) is 2.47. The molecule has 0 bridgehead atoms. The van der Waals surface area contributed by atoms with Gasteiger partial charge in [0.25, 0.3) is 0 Å². The summed E-state index contributed by atoms with van der Waals surface area (Å²) in [5.41, 5.74) is 0.804. The molecule has 0 radical (unpaired) electrons. The molecule has 1 aliphatic carbocycles. The van der Waals surface area contributed by atoms with E-state index in [1.165, 1.54) is 6.26 Å². The smallest absolute Gasteiger partial charge is 0.150 e. The van der Waals surface area contributed by atoms with Gasteiger partial charge in [-0.05, 0) is 43.9 Å². The van der Waals surface area contributed by atoms with Crippen molar-refractivity contribution in [1.29, 1.82) is 0 Å². The van der Waals surface area contributed by atoms with Crippen LogP contribution in [-0.4, -0.2) is 31.1 Å². The lowest BCUT2D eigenvalue weighted by Gasteiger charge is -2.28. The molecule has 0 saturated heterocycles. The highest BCUT2D eigenvalue weighted by molar-refractivity contribution is 7.91. The van der Waals surface area contributed by atoms with Gasteiger partial charge in [-0.1, -0.05) is 12.1 Å². The fraction of sp³-hybridized carbons (Fsp3) is 0.600. The van der Waals surface area contributed by atoms with Gasteiger partial charge in [-0.25, -0.2) is 8.42 Å². The van der Waals surface area contributed by atoms with Crippen molar-refractivity contribution in [2.24, 2.45) is 0 Å². The Hall–Kier alpha value is -1.07. The first-order valence-corrected chi connectivity index (χ1v) is 8.95. The Morgan fingerprint density at radius 3 is 2.75 bits per heavy atom. The number of sulfone groups is 1. The van der Waals surface area contributed by atoms with Crippen LogP contribution in [-0.2, 0) is 9.84 Å². The maximum atomic E-state index is 11.6. The van der Waals surface area contributed by atoms with E-state index in [0.717, 1.165) is 24.8 Å². The Morgan fingerprint density at radius 1 is 1.35 bits per heavy atom. The summed E-state index contributed by atoms with van der Waals surface area (Å²) in [5, 5.41) is 9.28. The van der Waals surface area contributed by atoms with Crippen LogP contribution in [0, 0.1) is 0 Å². The van der Waals surface area contributed by atoms with Crippen LogP contribution in [0.2, 0.25) is 0 Å². The molecule has 1 N–H and O–H groups in total. The topological polar surface area (TPSA) is 63.6 Å². The fourth-order valence-electron chi connectivity index (χ4n) is 2.64. The third kappa shape index (κ3) is 3.96. The lowest BCUT2D eigenvalue weighted by molar-refractivity contribution is 0.154. The molecule has 4 nitrogen and oxygen atoms in total. The molecule has 112 valence electrons. The van der Waals surface area contributed by atoms with Gasteiger partial charge in [0.1, 0.15) is 15.6 Å². The van der Waals surface area contributed by atoms with Crippen LogP contribution in [0.1, 0.15) is 44.3 Å². The van der Waals surface area contributed by atoms with Gasteiger partial charge in [0.05, 0.1) is 17.5 Å². The average Bonchev–Trinajstić information content (AvgIpc) is 2.38. The van der Waals surface area contributed by atoms with Gasteiger partial charge in [-0.15, -0.1) is 0 Å². The second-order valence-corrected chi connectivity index (χ2v) is 7.93. The van der Waals surface area contributed by atoms with Crippen molar-refractivity contribution in [2.75, 3.05) is 6.26 Å². The largest absolute Gasteiger partial charge is 0.490 e. The normalized spacial score (nSPS) is 25.1. The summed E-state index contributed by atoms with van der Waals surface area (Å²) >= 11 is 0. The summed E-state index contributed by atoms with van der Waals surface area (Å²) in [5.74, 6) is 0.697. The van der Waals surface area contributed by atoms with Crippen molar-refractivity contribution in [3.05, 3.63) is 29.8 Å². The first kappa shape index (κ1) is 15.3. The number of hydrogen-bond acceptors (Lipinski definition) is 4. The van der Waals surface area contributed by atoms with Gasteiger partial charge in [0.2, 0.25) is 0 Å². The summed E-state index contributed by atoms with van der Waals surface area (Å²) in [4.78, 5) is 0. The molecule has 0 spiro atoms. The quantitative estimate of drug-likeness (QED) is 0.927. The van der Waals surface area contributed by atoms with Crippen LogP contribution in [0.3, 0.4) is 0 Å². The Bertz CT molecular complexity index is 551. The van der Waals surface area contributed by atoms with Crippen molar-refractivity contribution in [2.45, 2.75) is 50.1 Å². The van der Waals surface area contributed by atoms with E-state index in [1.807, 2.05) is 24.3 Å². The standard InChI is InChI=1S/C15H22O4S/c1-11(16)12-5-3-6-13(9-12)19-14-7-4-8-15(10-14)20(2,17)18/h3,5-6,9,11,14-16H,4,7-8,10H2,1-2H3/t11-,14?,15?/m1/s1. The van der Waals surface area contributed by atoms with E-state index in [4.69, 9.17) is 4.74 Å². The van der Waals surface area contributed by atoms with Crippen LogP contribution in [0.25, 0.3) is 0 Å². The summed E-state index contributed by atoms with van der Waals surface area (Å²) in [6.07, 6.45) is 3.74. The zero-order chi connectivity index (χ0) is 14.8. The van der Waals surface area contributed by atoms with Crippen molar-refractivity contribution in [1.82, 2.24) is 0 Å². The van der Waals surface area contributed by atoms with Crippen molar-refractivity contribution < 1.29 is 18.3 Å². The molecule has 0 heterocycles. The van der Waals surface area contributed by atoms with Gasteiger partial charge in [0, 0.05) is 12.7 Å². The zero-order valence-electron chi connectivity index (χ0n) is 12.0. The number of rotatable bonds is 4. The average molecular weight is 298 g/mol. The van der Waals surface area contributed by atoms with Crippen molar-refractivity contribution >= 4 is 9.84 Å². The first-order valence-electron chi connectivity index (χ1n) is 7.00. The van der Waals surface area contributed by atoms with Crippen LogP contribution in [0.4, 0.5) is 0 Å². The zero-order valence-corrected chi connectivity index (χ0v) is 12.8. The number of benzene rings is 1. The third-order valence-electron chi connectivity index (χ3n) is 3.83. The summed E-state index contributed by atoms with van der Waals surface area (Å²) < 4.78 is 29.2. The molecular weight excluding hydrogens is 276 g/mol. The van der Waals surface area contributed by atoms with Crippen molar-refractivity contribution in [3.8, 4) is 5.75 Å². The number of ether oxygens (including phenoxy) is 1. The van der Waals surface area contributed by atoms with Gasteiger partial charge < -0.3 is 9.84 Å². The highest BCUT2D eigenvalue weighted by Crippen LogP contribution is 2.28. The van der Waals surface area contributed by atoms with Crippen LogP contribution in [0.15, 0.2) is 24.3 Å². The minimum Gasteiger partial charge on any atom is -0.490 e. The minimum absolute atomic E-state index is 0.0623. The molecule has 5 heteroatoms. The SMILES string of the molecule is C[C@@H](O)c1cccc(OC2CCCC(S(C)(=O)=O)C2)c1. The van der Waals surface area contributed by atoms with Crippen LogP contribution < -0.4 is 4.74 Å². The second kappa shape index (κ2) is 6.14. The van der Waals surface area contributed by atoms with E-state index in [-0.39, 0.29) is 11.4 Å². The Kier molecular flexibility index (Phi) is 4.70. The summed E-state index contributed by atoms with van der Waals surface area (Å²) in [7, 11) is -2.99. The third-order valence-corrected chi connectivity index (χ3v) is 5.47. The Labute approximate surface area is 120 Å². The molecule has 0 aromatic heterocycles. The Morgan fingerprint density at radius 2 is 2.10 bits per heavy atom. The van der Waals surface area contributed by atoms with E-state index in [0.29, 0.717) is 12.2 Å². The molecule has 20 heavy (non-hydrogen) atoms. The van der Waals surface area contributed by atoms with Gasteiger partial charge in [-0.3, -0.25) is 0 Å². The molecule has 2 rings (SSSR count). The lowest BCUT2D eigenvalue weighted by Crippen LogP contribution is -2.33. The lowest BCUT2D eigenvalue weighted by atomic mass is 9.97. The van der Waals surface area contributed by atoms with Crippen molar-refractivity contribution in [3.63, 3.8) is 0 Å². The molecule has 1 saturated carbocycles. The molecule has 3 atom stereocenters. The van der Waals surface area contributed by atoms with E-state index < -0.39 is 15.9 Å². The Balaban J connectivity index is 2.04. The van der Waals surface area contributed by atoms with Gasteiger partial charge in [0.15, 0.2) is 0 Å². The summed E-state index contributed by atoms with van der Waals surface area (Å²) in [6.45, 7) is 1.71.